The maximum absolute atomic E-state index is 12.1. The highest BCUT2D eigenvalue weighted by Crippen LogP contribution is 2.32. The zero-order valence-electron chi connectivity index (χ0n) is 12.2. The minimum absolute atomic E-state index is 0.138. The molecule has 3 rings (SSSR count). The number of benzene rings is 2. The molecule has 0 aliphatic heterocycles. The molecule has 0 radical (unpaired) electrons. The summed E-state index contributed by atoms with van der Waals surface area (Å²) in [5, 5.41) is 6.88. The van der Waals surface area contributed by atoms with E-state index in [0.29, 0.717) is 25.9 Å². The van der Waals surface area contributed by atoms with Crippen LogP contribution in [0.2, 0.25) is 15.1 Å². The van der Waals surface area contributed by atoms with Crippen molar-refractivity contribution in [2.24, 2.45) is 0 Å². The van der Waals surface area contributed by atoms with Gasteiger partial charge in [0, 0.05) is 21.0 Å². The second-order valence-corrected chi connectivity index (χ2v) is 7.15. The van der Waals surface area contributed by atoms with Gasteiger partial charge in [-0.2, -0.15) is 0 Å². The number of hydrogen-bond donors (Lipinski definition) is 1. The lowest BCUT2D eigenvalue weighted by Crippen LogP contribution is -2.14. The molecule has 0 atom stereocenters. The number of anilines is 1. The summed E-state index contributed by atoms with van der Waals surface area (Å²) in [6.07, 6.45) is 0.258. The summed E-state index contributed by atoms with van der Waals surface area (Å²) in [6.45, 7) is 0. The molecule has 1 amide bonds. The van der Waals surface area contributed by atoms with E-state index in [0.717, 1.165) is 11.1 Å². The minimum Gasteiger partial charge on any atom is -0.302 e. The van der Waals surface area contributed by atoms with Gasteiger partial charge < -0.3 is 5.32 Å². The first-order valence-electron chi connectivity index (χ1n) is 6.96. The number of nitrogens with one attached hydrogen (secondary N) is 1. The predicted octanol–water partition coefficient (Wildman–Crippen LogP) is 5.95. The van der Waals surface area contributed by atoms with E-state index in [9.17, 15) is 4.79 Å². The Balaban J connectivity index is 1.69. The molecule has 3 aromatic rings. The summed E-state index contributed by atoms with van der Waals surface area (Å²) in [5.74, 6) is -0.138. The van der Waals surface area contributed by atoms with Crippen LogP contribution in [0, 0.1) is 0 Å². The second-order valence-electron chi connectivity index (χ2n) is 5.01. The molecular formula is C17H11Cl3N2OS. The van der Waals surface area contributed by atoms with E-state index in [2.05, 4.69) is 10.3 Å². The number of amides is 1. The molecule has 0 fully saturated rings. The quantitative estimate of drug-likeness (QED) is 0.591. The van der Waals surface area contributed by atoms with Gasteiger partial charge in [-0.15, -0.1) is 11.3 Å². The van der Waals surface area contributed by atoms with Crippen molar-refractivity contribution < 1.29 is 4.79 Å². The van der Waals surface area contributed by atoms with Crippen LogP contribution in [0.3, 0.4) is 0 Å². The summed E-state index contributed by atoms with van der Waals surface area (Å²) in [7, 11) is 0. The number of aromatic nitrogens is 1. The predicted molar refractivity (Wildman–Crippen MR) is 101 cm³/mol. The topological polar surface area (TPSA) is 42.0 Å². The molecule has 0 aliphatic rings. The van der Waals surface area contributed by atoms with E-state index < -0.39 is 0 Å². The molecule has 24 heavy (non-hydrogen) atoms. The number of rotatable bonds is 4. The SMILES string of the molecule is O=C(Cc1ccc(Cl)cc1)Nc1nc(-c2ccc(Cl)cc2Cl)cs1. The van der Waals surface area contributed by atoms with Crippen LogP contribution in [0.4, 0.5) is 5.13 Å². The van der Waals surface area contributed by atoms with Crippen LogP contribution in [0.1, 0.15) is 5.56 Å². The number of hydrogen-bond acceptors (Lipinski definition) is 3. The van der Waals surface area contributed by atoms with E-state index >= 15 is 0 Å². The van der Waals surface area contributed by atoms with Crippen molar-refractivity contribution in [3.63, 3.8) is 0 Å². The number of carbonyl (C=O) groups excluding carboxylic acids is 1. The van der Waals surface area contributed by atoms with Crippen molar-refractivity contribution >= 4 is 57.2 Å². The van der Waals surface area contributed by atoms with Crippen molar-refractivity contribution in [1.29, 1.82) is 0 Å². The van der Waals surface area contributed by atoms with Gasteiger partial charge in [-0.25, -0.2) is 4.98 Å². The normalized spacial score (nSPS) is 10.6. The van der Waals surface area contributed by atoms with Gasteiger partial charge in [0.2, 0.25) is 5.91 Å². The average Bonchev–Trinajstić information content (AvgIpc) is 2.97. The summed E-state index contributed by atoms with van der Waals surface area (Å²) < 4.78 is 0. The second kappa shape index (κ2) is 7.53. The van der Waals surface area contributed by atoms with E-state index in [1.54, 1.807) is 30.3 Å². The number of carbonyl (C=O) groups is 1. The van der Waals surface area contributed by atoms with Gasteiger partial charge in [-0.3, -0.25) is 4.79 Å². The molecule has 0 unspecified atom stereocenters. The van der Waals surface area contributed by atoms with Crippen molar-refractivity contribution in [2.45, 2.75) is 6.42 Å². The van der Waals surface area contributed by atoms with Gasteiger partial charge in [0.25, 0.3) is 0 Å². The zero-order valence-corrected chi connectivity index (χ0v) is 15.3. The molecular weight excluding hydrogens is 387 g/mol. The fraction of sp³-hybridized carbons (Fsp3) is 0.0588. The Bertz CT molecular complexity index is 878. The molecule has 0 saturated carbocycles. The van der Waals surface area contributed by atoms with Gasteiger partial charge in [0.05, 0.1) is 17.1 Å². The number of thiazole rings is 1. The highest BCUT2D eigenvalue weighted by molar-refractivity contribution is 7.14. The molecule has 3 nitrogen and oxygen atoms in total. The van der Waals surface area contributed by atoms with Gasteiger partial charge >= 0.3 is 0 Å². The first-order valence-corrected chi connectivity index (χ1v) is 8.98. The third-order valence-corrected chi connectivity index (χ3v) is 4.79. The van der Waals surface area contributed by atoms with Crippen molar-refractivity contribution in [3.05, 3.63) is 68.5 Å². The molecule has 0 spiro atoms. The largest absolute Gasteiger partial charge is 0.302 e. The molecule has 0 aliphatic carbocycles. The molecule has 1 heterocycles. The van der Waals surface area contributed by atoms with Crippen molar-refractivity contribution in [1.82, 2.24) is 4.98 Å². The van der Waals surface area contributed by atoms with E-state index in [1.807, 2.05) is 17.5 Å². The summed E-state index contributed by atoms with van der Waals surface area (Å²) >= 11 is 19.3. The first kappa shape index (κ1) is 17.2. The molecule has 2 aromatic carbocycles. The van der Waals surface area contributed by atoms with Crippen LogP contribution in [-0.4, -0.2) is 10.9 Å². The lowest BCUT2D eigenvalue weighted by atomic mass is 10.1. The Hall–Kier alpha value is -1.59. The summed E-state index contributed by atoms with van der Waals surface area (Å²) in [6, 6.07) is 12.4. The van der Waals surface area contributed by atoms with Crippen molar-refractivity contribution in [2.75, 3.05) is 5.32 Å². The van der Waals surface area contributed by atoms with Crippen LogP contribution in [-0.2, 0) is 11.2 Å². The first-order chi connectivity index (χ1) is 11.5. The Morgan fingerprint density at radius 2 is 1.75 bits per heavy atom. The van der Waals surface area contributed by atoms with Gasteiger partial charge in [0.1, 0.15) is 0 Å². The molecule has 7 heteroatoms. The third-order valence-electron chi connectivity index (χ3n) is 3.24. The van der Waals surface area contributed by atoms with E-state index in [1.165, 1.54) is 11.3 Å². The van der Waals surface area contributed by atoms with Crippen LogP contribution in [0.25, 0.3) is 11.3 Å². The van der Waals surface area contributed by atoms with Crippen molar-refractivity contribution in [3.8, 4) is 11.3 Å². The summed E-state index contributed by atoms with van der Waals surface area (Å²) in [4.78, 5) is 16.5. The maximum Gasteiger partial charge on any atom is 0.230 e. The molecule has 1 aromatic heterocycles. The standard InChI is InChI=1S/C17H11Cl3N2OS/c18-11-3-1-10(2-4-11)7-16(23)22-17-21-15(9-24-17)13-6-5-12(19)8-14(13)20/h1-6,8-9H,7H2,(H,21,22,23). The van der Waals surface area contributed by atoms with E-state index in [-0.39, 0.29) is 12.3 Å². The van der Waals surface area contributed by atoms with Crippen LogP contribution in [0.5, 0.6) is 0 Å². The lowest BCUT2D eigenvalue weighted by Gasteiger charge is -2.03. The summed E-state index contributed by atoms with van der Waals surface area (Å²) in [5.41, 5.74) is 2.36. The Labute approximate surface area is 158 Å². The number of halogens is 3. The number of nitrogens with zero attached hydrogens (tertiary/aromatic N) is 1. The zero-order chi connectivity index (χ0) is 17.1. The van der Waals surface area contributed by atoms with Gasteiger partial charge in [-0.1, -0.05) is 46.9 Å². The van der Waals surface area contributed by atoms with Gasteiger partial charge in [0.15, 0.2) is 5.13 Å². The van der Waals surface area contributed by atoms with E-state index in [4.69, 9.17) is 34.8 Å². The lowest BCUT2D eigenvalue weighted by molar-refractivity contribution is -0.115. The smallest absolute Gasteiger partial charge is 0.230 e. The van der Waals surface area contributed by atoms with Crippen LogP contribution < -0.4 is 5.32 Å². The van der Waals surface area contributed by atoms with Gasteiger partial charge in [-0.05, 0) is 35.9 Å². The Morgan fingerprint density at radius 1 is 1.04 bits per heavy atom. The van der Waals surface area contributed by atoms with Crippen LogP contribution >= 0.6 is 46.1 Å². The Morgan fingerprint density at radius 3 is 2.46 bits per heavy atom. The average molecular weight is 398 g/mol. The molecule has 122 valence electrons. The molecule has 1 N–H and O–H groups in total. The monoisotopic (exact) mass is 396 g/mol. The maximum atomic E-state index is 12.1. The minimum atomic E-state index is -0.138. The molecule has 0 saturated heterocycles. The third kappa shape index (κ3) is 4.28. The highest BCUT2D eigenvalue weighted by atomic mass is 35.5. The molecule has 0 bridgehead atoms. The van der Waals surface area contributed by atoms with Crippen LogP contribution in [0.15, 0.2) is 47.8 Å². The fourth-order valence-corrected chi connectivity index (χ4v) is 3.46. The highest BCUT2D eigenvalue weighted by Gasteiger charge is 2.11. The fourth-order valence-electron chi connectivity index (χ4n) is 2.10. The Kier molecular flexibility index (Phi) is 5.41.